The zero-order valence-corrected chi connectivity index (χ0v) is 13.5. The minimum Gasteiger partial charge on any atom is -0.480 e. The summed E-state index contributed by atoms with van der Waals surface area (Å²) < 4.78 is 38.1. The fourth-order valence-electron chi connectivity index (χ4n) is 2.20. The highest BCUT2D eigenvalue weighted by atomic mass is 19.4. The van der Waals surface area contributed by atoms with Crippen molar-refractivity contribution in [3.8, 4) is 0 Å². The Morgan fingerprint density at radius 2 is 1.77 bits per heavy atom. The van der Waals surface area contributed by atoms with E-state index in [0.29, 0.717) is 6.07 Å². The van der Waals surface area contributed by atoms with Crippen LogP contribution in [0.1, 0.15) is 27.9 Å². The van der Waals surface area contributed by atoms with Gasteiger partial charge in [-0.05, 0) is 30.2 Å². The topological polar surface area (TPSA) is 66.4 Å². The fraction of sp³-hybridized carbons (Fsp3) is 0.158. The van der Waals surface area contributed by atoms with E-state index in [2.05, 4.69) is 5.32 Å². The number of carboxylic acids is 1. The summed E-state index contributed by atoms with van der Waals surface area (Å²) in [6, 6.07) is 11.7. The number of amides is 1. The highest BCUT2D eigenvalue weighted by Crippen LogP contribution is 2.29. The van der Waals surface area contributed by atoms with Crippen LogP contribution in [0.5, 0.6) is 0 Å². The summed E-state index contributed by atoms with van der Waals surface area (Å²) in [4.78, 5) is 23.4. The van der Waals surface area contributed by atoms with Crippen LogP contribution in [0.4, 0.5) is 13.2 Å². The number of hydrogen-bond donors (Lipinski definition) is 2. The first-order chi connectivity index (χ1) is 12.3. The number of benzene rings is 2. The van der Waals surface area contributed by atoms with Gasteiger partial charge in [-0.15, -0.1) is 0 Å². The van der Waals surface area contributed by atoms with Crippen LogP contribution in [0.3, 0.4) is 0 Å². The largest absolute Gasteiger partial charge is 0.480 e. The van der Waals surface area contributed by atoms with Crippen LogP contribution in [0, 0.1) is 0 Å². The molecule has 2 aromatic rings. The van der Waals surface area contributed by atoms with Crippen LogP contribution >= 0.6 is 0 Å². The van der Waals surface area contributed by atoms with Crippen molar-refractivity contribution >= 4 is 18.0 Å². The zero-order chi connectivity index (χ0) is 19.2. The van der Waals surface area contributed by atoms with E-state index in [0.717, 1.165) is 17.7 Å². The maximum atomic E-state index is 12.7. The van der Waals surface area contributed by atoms with Gasteiger partial charge in [0.25, 0.3) is 5.91 Å². The summed E-state index contributed by atoms with van der Waals surface area (Å²) in [5.74, 6) is -2.15. The van der Waals surface area contributed by atoms with Crippen molar-refractivity contribution in [3.05, 3.63) is 77.4 Å². The highest BCUT2D eigenvalue weighted by molar-refractivity contribution is 5.96. The first-order valence-corrected chi connectivity index (χ1v) is 7.70. The Morgan fingerprint density at radius 1 is 1.08 bits per heavy atom. The van der Waals surface area contributed by atoms with E-state index >= 15 is 0 Å². The standard InChI is InChI=1S/C19H16F3NO3/c20-19(21,22)15-10-5-9-14(12-15)17(24)23-16(18(25)26)11-4-8-13-6-2-1-3-7-13/h1-10,12,16H,11H2,(H,23,24)(H,25,26)/b8-4+/t16-/m0/s1. The van der Waals surface area contributed by atoms with Gasteiger partial charge in [0.1, 0.15) is 6.04 Å². The average molecular weight is 363 g/mol. The molecule has 0 unspecified atom stereocenters. The molecule has 0 spiro atoms. The van der Waals surface area contributed by atoms with Gasteiger partial charge in [-0.3, -0.25) is 4.79 Å². The minimum atomic E-state index is -4.58. The van der Waals surface area contributed by atoms with Gasteiger partial charge in [-0.25, -0.2) is 4.79 Å². The molecule has 0 radical (unpaired) electrons. The van der Waals surface area contributed by atoms with Crippen LogP contribution < -0.4 is 5.32 Å². The molecule has 136 valence electrons. The molecular formula is C19H16F3NO3. The summed E-state index contributed by atoms with van der Waals surface area (Å²) in [7, 11) is 0. The Bertz CT molecular complexity index is 801. The molecule has 1 amide bonds. The van der Waals surface area contributed by atoms with Gasteiger partial charge in [0, 0.05) is 5.56 Å². The lowest BCUT2D eigenvalue weighted by Crippen LogP contribution is -2.40. The number of aliphatic carboxylic acids is 1. The molecule has 0 aliphatic heterocycles. The molecule has 0 bridgehead atoms. The summed E-state index contributed by atoms with van der Waals surface area (Å²) in [6.07, 6.45) is -1.30. The Morgan fingerprint density at radius 3 is 2.38 bits per heavy atom. The molecule has 0 aliphatic rings. The molecule has 7 heteroatoms. The highest BCUT2D eigenvalue weighted by Gasteiger charge is 2.31. The van der Waals surface area contributed by atoms with E-state index in [4.69, 9.17) is 0 Å². The second-order valence-corrected chi connectivity index (χ2v) is 5.49. The fourth-order valence-corrected chi connectivity index (χ4v) is 2.20. The second kappa shape index (κ2) is 8.33. The van der Waals surface area contributed by atoms with Gasteiger partial charge in [0.2, 0.25) is 0 Å². The normalized spacial score (nSPS) is 12.7. The van der Waals surface area contributed by atoms with Gasteiger partial charge in [0.05, 0.1) is 5.56 Å². The number of hydrogen-bond acceptors (Lipinski definition) is 2. The zero-order valence-electron chi connectivity index (χ0n) is 13.5. The lowest BCUT2D eigenvalue weighted by molar-refractivity contribution is -0.139. The molecule has 26 heavy (non-hydrogen) atoms. The smallest absolute Gasteiger partial charge is 0.416 e. The molecule has 0 aliphatic carbocycles. The number of rotatable bonds is 6. The molecular weight excluding hydrogens is 347 g/mol. The van der Waals surface area contributed by atoms with E-state index in [9.17, 15) is 27.9 Å². The maximum absolute atomic E-state index is 12.7. The van der Waals surface area contributed by atoms with Crippen LogP contribution in [-0.4, -0.2) is 23.0 Å². The van der Waals surface area contributed by atoms with Gasteiger partial charge >= 0.3 is 12.1 Å². The van der Waals surface area contributed by atoms with Crippen molar-refractivity contribution in [1.29, 1.82) is 0 Å². The lowest BCUT2D eigenvalue weighted by atomic mass is 10.1. The summed E-state index contributed by atoms with van der Waals surface area (Å²) in [5, 5.41) is 11.5. The van der Waals surface area contributed by atoms with E-state index in [1.807, 2.05) is 30.3 Å². The third-order valence-electron chi connectivity index (χ3n) is 3.54. The molecule has 2 N–H and O–H groups in total. The Labute approximate surface area is 148 Å². The molecule has 0 aromatic heterocycles. The predicted molar refractivity (Wildman–Crippen MR) is 90.4 cm³/mol. The van der Waals surface area contributed by atoms with Crippen LogP contribution in [0.15, 0.2) is 60.7 Å². The predicted octanol–water partition coefficient (Wildman–Crippen LogP) is 3.99. The Balaban J connectivity index is 2.06. The van der Waals surface area contributed by atoms with Crippen molar-refractivity contribution in [2.24, 2.45) is 0 Å². The number of carbonyl (C=O) groups is 2. The van der Waals surface area contributed by atoms with E-state index in [-0.39, 0.29) is 12.0 Å². The molecule has 0 saturated heterocycles. The first-order valence-electron chi connectivity index (χ1n) is 7.70. The van der Waals surface area contributed by atoms with Gasteiger partial charge in [-0.2, -0.15) is 13.2 Å². The van der Waals surface area contributed by atoms with Crippen LogP contribution in [0.25, 0.3) is 6.08 Å². The molecule has 0 heterocycles. The molecule has 4 nitrogen and oxygen atoms in total. The summed E-state index contributed by atoms with van der Waals surface area (Å²) in [5.41, 5.74) is -0.361. The maximum Gasteiger partial charge on any atom is 0.416 e. The van der Waals surface area contributed by atoms with Crippen molar-refractivity contribution in [1.82, 2.24) is 5.32 Å². The number of alkyl halides is 3. The quantitative estimate of drug-likeness (QED) is 0.816. The van der Waals surface area contributed by atoms with Crippen molar-refractivity contribution in [2.45, 2.75) is 18.6 Å². The second-order valence-electron chi connectivity index (χ2n) is 5.49. The third kappa shape index (κ3) is 5.47. The van der Waals surface area contributed by atoms with Gasteiger partial charge in [0.15, 0.2) is 0 Å². The average Bonchev–Trinajstić information content (AvgIpc) is 2.61. The summed E-state index contributed by atoms with van der Waals surface area (Å²) in [6.45, 7) is 0. The number of halogens is 3. The Kier molecular flexibility index (Phi) is 6.16. The van der Waals surface area contributed by atoms with E-state index in [1.165, 1.54) is 6.07 Å². The van der Waals surface area contributed by atoms with Crippen LogP contribution in [0.2, 0.25) is 0 Å². The molecule has 2 rings (SSSR count). The minimum absolute atomic E-state index is 0.00503. The Hall–Kier alpha value is -3.09. The van der Waals surface area contributed by atoms with Crippen molar-refractivity contribution in [2.75, 3.05) is 0 Å². The monoisotopic (exact) mass is 363 g/mol. The van der Waals surface area contributed by atoms with E-state index < -0.39 is 29.7 Å². The number of carbonyl (C=O) groups excluding carboxylic acids is 1. The molecule has 2 aromatic carbocycles. The summed E-state index contributed by atoms with van der Waals surface area (Å²) >= 11 is 0. The number of carboxylic acid groups (broad SMARTS) is 1. The third-order valence-corrected chi connectivity index (χ3v) is 3.54. The number of nitrogens with one attached hydrogen (secondary N) is 1. The van der Waals surface area contributed by atoms with E-state index in [1.54, 1.807) is 12.2 Å². The molecule has 1 atom stereocenters. The molecule has 0 fully saturated rings. The SMILES string of the molecule is O=C(N[C@@H](C/C=C/c1ccccc1)C(=O)O)c1cccc(C(F)(F)F)c1. The molecule has 0 saturated carbocycles. The lowest BCUT2D eigenvalue weighted by Gasteiger charge is -2.14. The van der Waals surface area contributed by atoms with Crippen LogP contribution in [-0.2, 0) is 11.0 Å². The van der Waals surface area contributed by atoms with Crippen molar-refractivity contribution in [3.63, 3.8) is 0 Å². The van der Waals surface area contributed by atoms with Gasteiger partial charge in [-0.1, -0.05) is 48.6 Å². The van der Waals surface area contributed by atoms with Crippen molar-refractivity contribution < 1.29 is 27.9 Å². The van der Waals surface area contributed by atoms with Gasteiger partial charge < -0.3 is 10.4 Å². The first kappa shape index (κ1) is 19.2.